The molecule has 2 heterocycles. The first-order valence-corrected chi connectivity index (χ1v) is 7.18. The summed E-state index contributed by atoms with van der Waals surface area (Å²) in [6.07, 6.45) is 1.40. The molecule has 22 heavy (non-hydrogen) atoms. The van der Waals surface area contributed by atoms with Gasteiger partial charge in [0.05, 0.1) is 6.26 Å². The lowest BCUT2D eigenvalue weighted by Gasteiger charge is -2.35. The highest BCUT2D eigenvalue weighted by Gasteiger charge is 2.23. The van der Waals surface area contributed by atoms with Crippen molar-refractivity contribution in [2.24, 2.45) is 0 Å². The number of para-hydroxylation sites is 1. The summed E-state index contributed by atoms with van der Waals surface area (Å²) < 4.78 is 4.97. The zero-order valence-corrected chi connectivity index (χ0v) is 12.1. The van der Waals surface area contributed by atoms with Gasteiger partial charge in [-0.3, -0.25) is 10.1 Å². The Morgan fingerprint density at radius 1 is 0.955 bits per heavy atom. The zero-order chi connectivity index (χ0) is 15.4. The molecule has 6 heteroatoms. The Balaban J connectivity index is 1.53. The molecule has 114 valence electrons. The lowest BCUT2D eigenvalue weighted by Crippen LogP contribution is -2.52. The number of urea groups is 1. The average Bonchev–Trinajstić information content (AvgIpc) is 3.10. The quantitative estimate of drug-likeness (QED) is 0.920. The van der Waals surface area contributed by atoms with Crippen molar-refractivity contribution < 1.29 is 14.0 Å². The monoisotopic (exact) mass is 299 g/mol. The number of imide groups is 1. The second kappa shape index (κ2) is 6.34. The van der Waals surface area contributed by atoms with E-state index in [0.717, 1.165) is 18.8 Å². The van der Waals surface area contributed by atoms with Crippen molar-refractivity contribution in [2.45, 2.75) is 0 Å². The summed E-state index contributed by atoms with van der Waals surface area (Å²) >= 11 is 0. The van der Waals surface area contributed by atoms with Gasteiger partial charge in [-0.15, -0.1) is 0 Å². The Kier molecular flexibility index (Phi) is 4.09. The largest absolute Gasteiger partial charge is 0.459 e. The van der Waals surface area contributed by atoms with Crippen LogP contribution in [0.5, 0.6) is 0 Å². The first-order valence-electron chi connectivity index (χ1n) is 7.18. The molecule has 6 nitrogen and oxygen atoms in total. The lowest BCUT2D eigenvalue weighted by atomic mass is 10.2. The molecule has 0 radical (unpaired) electrons. The van der Waals surface area contributed by atoms with Crippen LogP contribution in [0.1, 0.15) is 10.6 Å². The van der Waals surface area contributed by atoms with Crippen LogP contribution in [0.25, 0.3) is 0 Å². The number of hydrogen-bond acceptors (Lipinski definition) is 4. The minimum absolute atomic E-state index is 0.135. The molecule has 0 spiro atoms. The van der Waals surface area contributed by atoms with Gasteiger partial charge in [0, 0.05) is 31.9 Å². The molecule has 1 aromatic heterocycles. The molecule has 1 aromatic carbocycles. The molecule has 1 aliphatic heterocycles. The van der Waals surface area contributed by atoms with E-state index in [1.807, 2.05) is 18.2 Å². The number of benzene rings is 1. The number of furan rings is 1. The van der Waals surface area contributed by atoms with Crippen molar-refractivity contribution in [1.82, 2.24) is 10.2 Å². The van der Waals surface area contributed by atoms with Crippen molar-refractivity contribution in [2.75, 3.05) is 31.1 Å². The normalized spacial score (nSPS) is 14.7. The first-order chi connectivity index (χ1) is 10.7. The standard InChI is InChI=1S/C16H17N3O3/c20-15(14-7-4-12-22-14)17-16(21)19-10-8-18(9-11-19)13-5-2-1-3-6-13/h1-7,12H,8-11H2,(H,17,20,21). The van der Waals surface area contributed by atoms with Gasteiger partial charge in [-0.1, -0.05) is 18.2 Å². The summed E-state index contributed by atoms with van der Waals surface area (Å²) in [5.74, 6) is -0.378. The summed E-state index contributed by atoms with van der Waals surface area (Å²) in [6, 6.07) is 12.8. The molecule has 0 bridgehead atoms. The van der Waals surface area contributed by atoms with E-state index in [1.165, 1.54) is 12.3 Å². The Bertz CT molecular complexity index is 632. The average molecular weight is 299 g/mol. The fourth-order valence-electron chi connectivity index (χ4n) is 2.45. The van der Waals surface area contributed by atoms with Crippen LogP contribution in [-0.2, 0) is 0 Å². The molecule has 0 atom stereocenters. The van der Waals surface area contributed by atoms with Gasteiger partial charge < -0.3 is 14.2 Å². The molecule has 0 saturated carbocycles. The molecule has 3 rings (SSSR count). The van der Waals surface area contributed by atoms with Crippen LogP contribution in [0.4, 0.5) is 10.5 Å². The van der Waals surface area contributed by atoms with Crippen molar-refractivity contribution in [3.8, 4) is 0 Å². The van der Waals surface area contributed by atoms with E-state index in [1.54, 1.807) is 11.0 Å². The maximum absolute atomic E-state index is 12.1. The fraction of sp³-hybridized carbons (Fsp3) is 0.250. The van der Waals surface area contributed by atoms with E-state index >= 15 is 0 Å². The molecule has 3 amide bonds. The third-order valence-electron chi connectivity index (χ3n) is 3.65. The lowest BCUT2D eigenvalue weighted by molar-refractivity contribution is 0.0923. The molecular weight excluding hydrogens is 282 g/mol. The Morgan fingerprint density at radius 3 is 2.32 bits per heavy atom. The highest BCUT2D eigenvalue weighted by Crippen LogP contribution is 2.15. The van der Waals surface area contributed by atoms with Gasteiger partial charge in [0.25, 0.3) is 5.91 Å². The molecule has 0 aliphatic carbocycles. The Labute approximate surface area is 128 Å². The van der Waals surface area contributed by atoms with Crippen molar-refractivity contribution in [3.05, 3.63) is 54.5 Å². The molecule has 0 unspecified atom stereocenters. The van der Waals surface area contributed by atoms with Gasteiger partial charge in [-0.05, 0) is 24.3 Å². The second-order valence-corrected chi connectivity index (χ2v) is 5.05. The van der Waals surface area contributed by atoms with E-state index in [4.69, 9.17) is 4.42 Å². The van der Waals surface area contributed by atoms with Crippen LogP contribution in [-0.4, -0.2) is 43.0 Å². The summed E-state index contributed by atoms with van der Waals surface area (Å²) in [5.41, 5.74) is 1.15. The van der Waals surface area contributed by atoms with Gasteiger partial charge in [0.1, 0.15) is 0 Å². The number of piperazine rings is 1. The highest BCUT2D eigenvalue weighted by molar-refractivity contribution is 6.02. The second-order valence-electron chi connectivity index (χ2n) is 5.05. The van der Waals surface area contributed by atoms with Crippen molar-refractivity contribution >= 4 is 17.6 Å². The third kappa shape index (κ3) is 3.11. The smallest absolute Gasteiger partial charge is 0.324 e. The Morgan fingerprint density at radius 2 is 1.68 bits per heavy atom. The maximum atomic E-state index is 12.1. The molecule has 1 aliphatic rings. The van der Waals surface area contributed by atoms with Crippen molar-refractivity contribution in [3.63, 3.8) is 0 Å². The van der Waals surface area contributed by atoms with Crippen LogP contribution in [0.2, 0.25) is 0 Å². The molecule has 2 aromatic rings. The number of carbonyl (C=O) groups excluding carboxylic acids is 2. The van der Waals surface area contributed by atoms with Gasteiger partial charge in [0.2, 0.25) is 0 Å². The van der Waals surface area contributed by atoms with E-state index in [0.29, 0.717) is 13.1 Å². The SMILES string of the molecule is O=C(NC(=O)N1CCN(c2ccccc2)CC1)c1ccco1. The number of amides is 3. The molecule has 1 saturated heterocycles. The summed E-state index contributed by atoms with van der Waals surface area (Å²) in [6.45, 7) is 2.64. The predicted octanol–water partition coefficient (Wildman–Crippen LogP) is 1.95. The number of nitrogens with one attached hydrogen (secondary N) is 1. The van der Waals surface area contributed by atoms with Gasteiger partial charge in [-0.2, -0.15) is 0 Å². The van der Waals surface area contributed by atoms with Crippen LogP contribution in [0.15, 0.2) is 53.1 Å². The predicted molar refractivity (Wildman–Crippen MR) is 81.8 cm³/mol. The van der Waals surface area contributed by atoms with E-state index in [9.17, 15) is 9.59 Å². The van der Waals surface area contributed by atoms with Crippen LogP contribution < -0.4 is 10.2 Å². The first kappa shape index (κ1) is 14.2. The fourth-order valence-corrected chi connectivity index (χ4v) is 2.45. The summed E-state index contributed by atoms with van der Waals surface area (Å²) in [7, 11) is 0. The van der Waals surface area contributed by atoms with E-state index < -0.39 is 5.91 Å². The summed E-state index contributed by atoms with van der Waals surface area (Å²) in [4.78, 5) is 27.7. The minimum Gasteiger partial charge on any atom is -0.459 e. The van der Waals surface area contributed by atoms with Gasteiger partial charge in [0.15, 0.2) is 5.76 Å². The number of anilines is 1. The van der Waals surface area contributed by atoms with Gasteiger partial charge in [-0.25, -0.2) is 4.79 Å². The zero-order valence-electron chi connectivity index (χ0n) is 12.1. The third-order valence-corrected chi connectivity index (χ3v) is 3.65. The minimum atomic E-state index is -0.513. The number of nitrogens with zero attached hydrogens (tertiary/aromatic N) is 2. The maximum Gasteiger partial charge on any atom is 0.324 e. The number of rotatable bonds is 2. The van der Waals surface area contributed by atoms with Gasteiger partial charge >= 0.3 is 6.03 Å². The van der Waals surface area contributed by atoms with Crippen LogP contribution in [0.3, 0.4) is 0 Å². The van der Waals surface area contributed by atoms with E-state index in [2.05, 4.69) is 22.3 Å². The topological polar surface area (TPSA) is 65.8 Å². The Hall–Kier alpha value is -2.76. The van der Waals surface area contributed by atoms with E-state index in [-0.39, 0.29) is 11.8 Å². The number of carbonyl (C=O) groups is 2. The van der Waals surface area contributed by atoms with Crippen LogP contribution in [0, 0.1) is 0 Å². The highest BCUT2D eigenvalue weighted by atomic mass is 16.3. The molecule has 1 N–H and O–H groups in total. The molecule has 1 fully saturated rings. The van der Waals surface area contributed by atoms with Crippen LogP contribution >= 0.6 is 0 Å². The molecular formula is C16H17N3O3. The summed E-state index contributed by atoms with van der Waals surface area (Å²) in [5, 5.41) is 2.34. The number of hydrogen-bond donors (Lipinski definition) is 1. The van der Waals surface area contributed by atoms with Crippen molar-refractivity contribution in [1.29, 1.82) is 0 Å².